The van der Waals surface area contributed by atoms with Gasteiger partial charge in [-0.3, -0.25) is 0 Å². The van der Waals surface area contributed by atoms with Gasteiger partial charge in [0.25, 0.3) is 0 Å². The normalized spacial score (nSPS) is 11.0. The van der Waals surface area contributed by atoms with Crippen molar-refractivity contribution < 1.29 is 13.6 Å². The molecule has 0 bridgehead atoms. The molecular weight excluding hydrogens is 336 g/mol. The minimum absolute atomic E-state index is 0.525. The van der Waals surface area contributed by atoms with Crippen LogP contribution < -0.4 is 0 Å². The molecule has 27 heavy (non-hydrogen) atoms. The maximum Gasteiger partial charge on any atom is 0.108 e. The lowest BCUT2D eigenvalue weighted by molar-refractivity contribution is 0.106. The first kappa shape index (κ1) is 17.4. The second-order valence-electron chi connectivity index (χ2n) is 6.66. The van der Waals surface area contributed by atoms with E-state index >= 15 is 0 Å². The van der Waals surface area contributed by atoms with Gasteiger partial charge in [0, 0.05) is 24.0 Å². The Balaban J connectivity index is 1.25. The Bertz CT molecular complexity index is 872. The number of benzene rings is 2. The zero-order valence-electron chi connectivity index (χ0n) is 15.1. The maximum absolute atomic E-state index is 5.81. The molecule has 2 heterocycles. The van der Waals surface area contributed by atoms with Crippen molar-refractivity contribution in [1.29, 1.82) is 0 Å². The van der Waals surface area contributed by atoms with Crippen molar-refractivity contribution in [3.8, 4) is 0 Å². The molecule has 0 unspecified atom stereocenters. The first-order valence-electron chi connectivity index (χ1n) is 9.13. The molecule has 2 aromatic carbocycles. The SMILES string of the molecule is c1ccc(Cc2cc(COCc3coc(Cc4ccccc4)c3)co2)cc1. The summed E-state index contributed by atoms with van der Waals surface area (Å²) in [6.45, 7) is 1.05. The summed E-state index contributed by atoms with van der Waals surface area (Å²) in [6, 6.07) is 24.7. The van der Waals surface area contributed by atoms with Crippen LogP contribution in [0.3, 0.4) is 0 Å². The van der Waals surface area contributed by atoms with Gasteiger partial charge < -0.3 is 13.6 Å². The lowest BCUT2D eigenvalue weighted by atomic mass is 10.1. The van der Waals surface area contributed by atoms with Gasteiger partial charge in [-0.15, -0.1) is 0 Å². The molecule has 0 radical (unpaired) electrons. The zero-order valence-corrected chi connectivity index (χ0v) is 15.1. The van der Waals surface area contributed by atoms with E-state index in [4.69, 9.17) is 13.6 Å². The van der Waals surface area contributed by atoms with Gasteiger partial charge in [-0.05, 0) is 23.3 Å². The summed E-state index contributed by atoms with van der Waals surface area (Å²) in [5.41, 5.74) is 4.58. The van der Waals surface area contributed by atoms with E-state index in [0.717, 1.165) is 35.5 Å². The molecule has 0 amide bonds. The van der Waals surface area contributed by atoms with Crippen molar-refractivity contribution in [3.05, 3.63) is 119 Å². The van der Waals surface area contributed by atoms with E-state index < -0.39 is 0 Å². The summed E-state index contributed by atoms with van der Waals surface area (Å²) in [7, 11) is 0. The molecule has 0 fully saturated rings. The Labute approximate surface area is 159 Å². The standard InChI is InChI=1S/C24H22O3/c1-3-7-19(8-4-1)11-23-13-21(17-26-23)15-25-16-22-14-24(27-18-22)12-20-9-5-2-6-10-20/h1-10,13-14,17-18H,11-12,15-16H2. The van der Waals surface area contributed by atoms with Crippen LogP contribution in [0.25, 0.3) is 0 Å². The molecule has 4 aromatic rings. The quantitative estimate of drug-likeness (QED) is 0.401. The third kappa shape index (κ3) is 4.99. The second kappa shape index (κ2) is 8.56. The van der Waals surface area contributed by atoms with Crippen molar-refractivity contribution >= 4 is 0 Å². The molecule has 3 nitrogen and oxygen atoms in total. The van der Waals surface area contributed by atoms with Crippen LogP contribution in [0.15, 0.2) is 94.2 Å². The molecule has 0 aliphatic carbocycles. The third-order valence-electron chi connectivity index (χ3n) is 4.40. The molecule has 136 valence electrons. The van der Waals surface area contributed by atoms with E-state index in [2.05, 4.69) is 36.4 Å². The number of furan rings is 2. The van der Waals surface area contributed by atoms with Crippen molar-refractivity contribution in [3.63, 3.8) is 0 Å². The highest BCUT2D eigenvalue weighted by Crippen LogP contribution is 2.17. The number of hydrogen-bond acceptors (Lipinski definition) is 3. The van der Waals surface area contributed by atoms with Crippen LogP contribution in [0.1, 0.15) is 33.8 Å². The molecule has 0 saturated heterocycles. The molecule has 0 N–H and O–H groups in total. The van der Waals surface area contributed by atoms with Crippen LogP contribution in [0.4, 0.5) is 0 Å². The first-order chi connectivity index (χ1) is 13.3. The molecule has 0 aliphatic rings. The third-order valence-corrected chi connectivity index (χ3v) is 4.40. The van der Waals surface area contributed by atoms with Crippen LogP contribution in [-0.4, -0.2) is 0 Å². The highest BCUT2D eigenvalue weighted by Gasteiger charge is 2.06. The number of ether oxygens (including phenoxy) is 1. The van der Waals surface area contributed by atoms with Crippen LogP contribution in [0.2, 0.25) is 0 Å². The second-order valence-corrected chi connectivity index (χ2v) is 6.66. The van der Waals surface area contributed by atoms with Crippen molar-refractivity contribution in [1.82, 2.24) is 0 Å². The Morgan fingerprint density at radius 1 is 0.556 bits per heavy atom. The summed E-state index contributed by atoms with van der Waals surface area (Å²) in [5, 5.41) is 0. The Morgan fingerprint density at radius 3 is 1.44 bits per heavy atom. The van der Waals surface area contributed by atoms with Gasteiger partial charge in [0.2, 0.25) is 0 Å². The number of hydrogen-bond donors (Lipinski definition) is 0. The van der Waals surface area contributed by atoms with Crippen molar-refractivity contribution in [2.24, 2.45) is 0 Å². The first-order valence-corrected chi connectivity index (χ1v) is 9.13. The van der Waals surface area contributed by atoms with E-state index in [1.165, 1.54) is 11.1 Å². The van der Waals surface area contributed by atoms with Crippen LogP contribution in [0, 0.1) is 0 Å². The molecular formula is C24H22O3. The van der Waals surface area contributed by atoms with Gasteiger partial charge in [0.15, 0.2) is 0 Å². The highest BCUT2D eigenvalue weighted by atomic mass is 16.5. The van der Waals surface area contributed by atoms with E-state index in [1.54, 1.807) is 12.5 Å². The largest absolute Gasteiger partial charge is 0.469 e. The summed E-state index contributed by atoms with van der Waals surface area (Å²) >= 11 is 0. The summed E-state index contributed by atoms with van der Waals surface area (Å²) < 4.78 is 17.1. The Hall–Kier alpha value is -3.04. The van der Waals surface area contributed by atoms with Crippen LogP contribution in [-0.2, 0) is 30.8 Å². The minimum Gasteiger partial charge on any atom is -0.469 e. The maximum atomic E-state index is 5.81. The smallest absolute Gasteiger partial charge is 0.108 e. The van der Waals surface area contributed by atoms with E-state index in [-0.39, 0.29) is 0 Å². The van der Waals surface area contributed by atoms with E-state index in [0.29, 0.717) is 13.2 Å². The van der Waals surface area contributed by atoms with E-state index in [1.807, 2.05) is 36.4 Å². The monoisotopic (exact) mass is 358 g/mol. The lowest BCUT2D eigenvalue weighted by Gasteiger charge is -1.99. The van der Waals surface area contributed by atoms with Gasteiger partial charge in [0.05, 0.1) is 25.7 Å². The van der Waals surface area contributed by atoms with Gasteiger partial charge >= 0.3 is 0 Å². The summed E-state index contributed by atoms with van der Waals surface area (Å²) in [6.07, 6.45) is 5.14. The van der Waals surface area contributed by atoms with Crippen molar-refractivity contribution in [2.75, 3.05) is 0 Å². The average Bonchev–Trinajstić information content (AvgIpc) is 3.33. The summed E-state index contributed by atoms with van der Waals surface area (Å²) in [5.74, 6) is 1.90. The topological polar surface area (TPSA) is 35.5 Å². The summed E-state index contributed by atoms with van der Waals surface area (Å²) in [4.78, 5) is 0. The van der Waals surface area contributed by atoms with Crippen LogP contribution in [0.5, 0.6) is 0 Å². The fraction of sp³-hybridized carbons (Fsp3) is 0.167. The molecule has 4 rings (SSSR count). The zero-order chi connectivity index (χ0) is 18.3. The van der Waals surface area contributed by atoms with Gasteiger partial charge in [0.1, 0.15) is 11.5 Å². The average molecular weight is 358 g/mol. The predicted molar refractivity (Wildman–Crippen MR) is 104 cm³/mol. The lowest BCUT2D eigenvalue weighted by Crippen LogP contribution is -1.92. The minimum atomic E-state index is 0.525. The molecule has 0 spiro atoms. The number of rotatable bonds is 8. The highest BCUT2D eigenvalue weighted by molar-refractivity contribution is 5.24. The molecule has 0 atom stereocenters. The molecule has 0 saturated carbocycles. The Morgan fingerprint density at radius 2 is 1.00 bits per heavy atom. The van der Waals surface area contributed by atoms with Crippen molar-refractivity contribution in [2.45, 2.75) is 26.1 Å². The predicted octanol–water partition coefficient (Wildman–Crippen LogP) is 5.77. The molecule has 2 aromatic heterocycles. The van der Waals surface area contributed by atoms with Crippen LogP contribution >= 0.6 is 0 Å². The van der Waals surface area contributed by atoms with Gasteiger partial charge in [-0.1, -0.05) is 60.7 Å². The molecule has 3 heteroatoms. The fourth-order valence-electron chi connectivity index (χ4n) is 3.07. The Kier molecular flexibility index (Phi) is 5.51. The van der Waals surface area contributed by atoms with Gasteiger partial charge in [-0.2, -0.15) is 0 Å². The van der Waals surface area contributed by atoms with E-state index in [9.17, 15) is 0 Å². The van der Waals surface area contributed by atoms with Gasteiger partial charge in [-0.25, -0.2) is 0 Å². The molecule has 0 aliphatic heterocycles. The fourth-order valence-corrected chi connectivity index (χ4v) is 3.07.